The van der Waals surface area contributed by atoms with Crippen molar-refractivity contribution < 1.29 is 9.53 Å². The minimum Gasteiger partial charge on any atom is -0.368 e. The van der Waals surface area contributed by atoms with Crippen molar-refractivity contribution >= 4 is 23.2 Å². The smallest absolute Gasteiger partial charge is 0.254 e. The molecule has 1 unspecified atom stereocenters. The lowest BCUT2D eigenvalue weighted by Crippen LogP contribution is -2.48. The number of carbonyl (C=O) groups is 1. The van der Waals surface area contributed by atoms with Crippen LogP contribution in [0.15, 0.2) is 24.3 Å². The summed E-state index contributed by atoms with van der Waals surface area (Å²) < 4.78 is 5.02. The van der Waals surface area contributed by atoms with Crippen molar-refractivity contribution in [2.24, 2.45) is 0 Å². The molecule has 5 heteroatoms. The van der Waals surface area contributed by atoms with E-state index in [4.69, 9.17) is 21.6 Å². The molecule has 0 aliphatic carbocycles. The van der Waals surface area contributed by atoms with Crippen molar-refractivity contribution in [3.05, 3.63) is 29.3 Å². The Morgan fingerprint density at radius 3 is 2.75 bits per heavy atom. The number of amides is 1. The van der Waals surface area contributed by atoms with Crippen LogP contribution in [0.2, 0.25) is 5.02 Å². The molecule has 1 aromatic carbocycles. The van der Waals surface area contributed by atoms with Gasteiger partial charge in [0.15, 0.2) is 0 Å². The Bertz CT molecular complexity index is 438. The van der Waals surface area contributed by atoms with Gasteiger partial charge in [0.05, 0.1) is 12.7 Å². The van der Waals surface area contributed by atoms with E-state index >= 15 is 0 Å². The average molecular weight is 237 g/mol. The highest BCUT2D eigenvalue weighted by atomic mass is 35.5. The Kier molecular flexibility index (Phi) is 3.09. The quantitative estimate of drug-likeness (QED) is 0.744. The van der Waals surface area contributed by atoms with E-state index in [1.807, 2.05) is 6.07 Å². The van der Waals surface area contributed by atoms with Crippen LogP contribution in [0.1, 0.15) is 0 Å². The summed E-state index contributed by atoms with van der Waals surface area (Å²) in [6.45, 7) is 0.256. The molecular formula is C11H9ClN2O2. The van der Waals surface area contributed by atoms with E-state index in [9.17, 15) is 4.79 Å². The number of rotatable bonds is 1. The zero-order chi connectivity index (χ0) is 11.5. The number of ether oxygens (including phenoxy) is 1. The molecule has 1 atom stereocenters. The van der Waals surface area contributed by atoms with Crippen molar-refractivity contribution in [3.63, 3.8) is 0 Å². The highest BCUT2D eigenvalue weighted by Gasteiger charge is 2.29. The first-order valence-electron chi connectivity index (χ1n) is 4.77. The number of carbonyl (C=O) groups excluding carboxylic acids is 1. The Hall–Kier alpha value is -1.57. The summed E-state index contributed by atoms with van der Waals surface area (Å²) in [5, 5.41) is 9.54. The van der Waals surface area contributed by atoms with Gasteiger partial charge in [-0.05, 0) is 24.3 Å². The molecule has 1 aliphatic rings. The summed E-state index contributed by atoms with van der Waals surface area (Å²) in [5.41, 5.74) is 0.671. The van der Waals surface area contributed by atoms with Gasteiger partial charge in [-0.2, -0.15) is 5.26 Å². The van der Waals surface area contributed by atoms with Gasteiger partial charge in [-0.1, -0.05) is 11.6 Å². The zero-order valence-corrected chi connectivity index (χ0v) is 9.15. The van der Waals surface area contributed by atoms with Gasteiger partial charge in [-0.15, -0.1) is 0 Å². The molecule has 0 N–H and O–H groups in total. The second-order valence-corrected chi connectivity index (χ2v) is 3.84. The fourth-order valence-corrected chi connectivity index (χ4v) is 1.72. The molecule has 0 bridgehead atoms. The van der Waals surface area contributed by atoms with E-state index in [0.717, 1.165) is 0 Å². The number of morpholine rings is 1. The number of nitrogens with zero attached hydrogens (tertiary/aromatic N) is 2. The second-order valence-electron chi connectivity index (χ2n) is 3.40. The van der Waals surface area contributed by atoms with Crippen LogP contribution in [0.5, 0.6) is 0 Å². The summed E-state index contributed by atoms with van der Waals surface area (Å²) in [7, 11) is 0. The molecule has 1 fully saturated rings. The maximum Gasteiger partial charge on any atom is 0.254 e. The van der Waals surface area contributed by atoms with Crippen LogP contribution in [0.4, 0.5) is 5.69 Å². The van der Waals surface area contributed by atoms with E-state index < -0.39 is 6.04 Å². The largest absolute Gasteiger partial charge is 0.368 e. The summed E-state index contributed by atoms with van der Waals surface area (Å²) in [6.07, 6.45) is 0. The van der Waals surface area contributed by atoms with E-state index in [-0.39, 0.29) is 19.1 Å². The molecule has 1 amide bonds. The number of halogens is 1. The first-order chi connectivity index (χ1) is 7.72. The third-order valence-corrected chi connectivity index (χ3v) is 2.59. The van der Waals surface area contributed by atoms with Crippen LogP contribution in [0, 0.1) is 11.3 Å². The number of hydrogen-bond donors (Lipinski definition) is 0. The minimum absolute atomic E-state index is 0.0147. The van der Waals surface area contributed by atoms with Gasteiger partial charge in [-0.25, -0.2) is 0 Å². The SMILES string of the molecule is N#CC1COCC(=O)N1c1ccc(Cl)cc1. The van der Waals surface area contributed by atoms with Gasteiger partial charge in [0, 0.05) is 10.7 Å². The highest BCUT2D eigenvalue weighted by molar-refractivity contribution is 6.30. The van der Waals surface area contributed by atoms with Gasteiger partial charge in [0.25, 0.3) is 5.91 Å². The van der Waals surface area contributed by atoms with E-state index in [2.05, 4.69) is 0 Å². The number of anilines is 1. The molecule has 1 saturated heterocycles. The zero-order valence-electron chi connectivity index (χ0n) is 8.39. The molecule has 1 heterocycles. The Morgan fingerprint density at radius 1 is 1.44 bits per heavy atom. The van der Waals surface area contributed by atoms with Crippen LogP contribution in [0.3, 0.4) is 0 Å². The highest BCUT2D eigenvalue weighted by Crippen LogP contribution is 2.22. The standard InChI is InChI=1S/C11H9ClN2O2/c12-8-1-3-9(4-2-8)14-10(5-13)6-16-7-11(14)15/h1-4,10H,6-7H2. The third kappa shape index (κ3) is 2.01. The molecule has 1 aromatic rings. The predicted octanol–water partition coefficient (Wildman–Crippen LogP) is 1.60. The van der Waals surface area contributed by atoms with Crippen molar-refractivity contribution in [1.82, 2.24) is 0 Å². The summed E-state index contributed by atoms with van der Waals surface area (Å²) in [6, 6.07) is 8.29. The molecule has 0 saturated carbocycles. The van der Waals surface area contributed by atoms with Gasteiger partial charge in [0.1, 0.15) is 12.6 Å². The van der Waals surface area contributed by atoms with Gasteiger partial charge < -0.3 is 4.74 Å². The summed E-state index contributed by atoms with van der Waals surface area (Å²) >= 11 is 5.76. The van der Waals surface area contributed by atoms with Crippen LogP contribution in [-0.4, -0.2) is 25.2 Å². The first kappa shape index (κ1) is 10.9. The van der Waals surface area contributed by atoms with Crippen LogP contribution in [0.25, 0.3) is 0 Å². The molecule has 4 nitrogen and oxygen atoms in total. The molecule has 0 aromatic heterocycles. The summed E-state index contributed by atoms with van der Waals surface area (Å²) in [4.78, 5) is 13.1. The lowest BCUT2D eigenvalue weighted by molar-refractivity contribution is -0.126. The third-order valence-electron chi connectivity index (χ3n) is 2.34. The summed E-state index contributed by atoms with van der Waals surface area (Å²) in [5.74, 6) is -0.208. The topological polar surface area (TPSA) is 53.3 Å². The lowest BCUT2D eigenvalue weighted by Gasteiger charge is -2.31. The Balaban J connectivity index is 2.32. The predicted molar refractivity (Wildman–Crippen MR) is 59.2 cm³/mol. The van der Waals surface area contributed by atoms with E-state index in [1.165, 1.54) is 4.90 Å². The molecule has 0 spiro atoms. The first-order valence-corrected chi connectivity index (χ1v) is 5.15. The molecule has 1 aliphatic heterocycles. The Labute approximate surface area is 98.0 Å². The van der Waals surface area contributed by atoms with Gasteiger partial charge in [0.2, 0.25) is 0 Å². The monoisotopic (exact) mass is 236 g/mol. The fraction of sp³-hybridized carbons (Fsp3) is 0.273. The van der Waals surface area contributed by atoms with Gasteiger partial charge >= 0.3 is 0 Å². The maximum atomic E-state index is 11.7. The minimum atomic E-state index is -0.567. The number of nitriles is 1. The molecule has 82 valence electrons. The van der Waals surface area contributed by atoms with Crippen molar-refractivity contribution in [2.75, 3.05) is 18.1 Å². The molecule has 16 heavy (non-hydrogen) atoms. The van der Waals surface area contributed by atoms with Gasteiger partial charge in [-0.3, -0.25) is 9.69 Å². The fourth-order valence-electron chi connectivity index (χ4n) is 1.60. The van der Waals surface area contributed by atoms with Crippen molar-refractivity contribution in [3.8, 4) is 6.07 Å². The lowest BCUT2D eigenvalue weighted by atomic mass is 10.2. The molecular weight excluding hydrogens is 228 g/mol. The number of hydrogen-bond acceptors (Lipinski definition) is 3. The van der Waals surface area contributed by atoms with Crippen LogP contribution >= 0.6 is 11.6 Å². The van der Waals surface area contributed by atoms with Crippen molar-refractivity contribution in [1.29, 1.82) is 5.26 Å². The number of benzene rings is 1. The van der Waals surface area contributed by atoms with Crippen LogP contribution in [-0.2, 0) is 9.53 Å². The normalized spacial score (nSPS) is 20.6. The second kappa shape index (κ2) is 4.52. The van der Waals surface area contributed by atoms with E-state index in [1.54, 1.807) is 24.3 Å². The molecule has 2 rings (SSSR count). The molecule has 0 radical (unpaired) electrons. The maximum absolute atomic E-state index is 11.7. The van der Waals surface area contributed by atoms with Crippen molar-refractivity contribution in [2.45, 2.75) is 6.04 Å². The van der Waals surface area contributed by atoms with Crippen LogP contribution < -0.4 is 4.90 Å². The Morgan fingerprint density at radius 2 is 2.12 bits per heavy atom. The van der Waals surface area contributed by atoms with E-state index in [0.29, 0.717) is 10.7 Å². The average Bonchev–Trinajstić information content (AvgIpc) is 2.30.